The SMILES string of the molecule is COc1cccc(-c2cc(C(F)(F)F)n3ncc(-c4ccc(Cl)cc4)c3n2)c1. The predicted molar refractivity (Wildman–Crippen MR) is 100 cm³/mol. The van der Waals surface area contributed by atoms with E-state index < -0.39 is 11.9 Å². The highest BCUT2D eigenvalue weighted by Crippen LogP contribution is 2.35. The van der Waals surface area contributed by atoms with Crippen molar-refractivity contribution in [2.45, 2.75) is 6.18 Å². The molecule has 0 amide bonds. The average molecular weight is 404 g/mol. The van der Waals surface area contributed by atoms with Gasteiger partial charge in [0.1, 0.15) is 5.75 Å². The standard InChI is InChI=1S/C20H13ClF3N3O/c1-28-15-4-2-3-13(9-15)17-10-18(20(22,23)24)27-19(26-17)16(11-25-27)12-5-7-14(21)8-6-12/h2-11H,1H3. The molecule has 28 heavy (non-hydrogen) atoms. The molecule has 4 aromatic rings. The van der Waals surface area contributed by atoms with Gasteiger partial charge in [-0.05, 0) is 35.9 Å². The molecule has 2 aromatic carbocycles. The van der Waals surface area contributed by atoms with Crippen LogP contribution in [0.1, 0.15) is 5.69 Å². The summed E-state index contributed by atoms with van der Waals surface area (Å²) in [5.74, 6) is 0.527. The minimum atomic E-state index is -4.60. The fourth-order valence-corrected chi connectivity index (χ4v) is 3.05. The van der Waals surface area contributed by atoms with Gasteiger partial charge < -0.3 is 4.74 Å². The third-order valence-corrected chi connectivity index (χ3v) is 4.53. The first-order chi connectivity index (χ1) is 13.4. The van der Waals surface area contributed by atoms with Gasteiger partial charge in [0.15, 0.2) is 11.3 Å². The van der Waals surface area contributed by atoms with Crippen molar-refractivity contribution in [3.63, 3.8) is 0 Å². The summed E-state index contributed by atoms with van der Waals surface area (Å²) in [5.41, 5.74) is 1.03. The quantitative estimate of drug-likeness (QED) is 0.437. The third kappa shape index (κ3) is 3.29. The van der Waals surface area contributed by atoms with Gasteiger partial charge in [-0.3, -0.25) is 0 Å². The van der Waals surface area contributed by atoms with Crippen molar-refractivity contribution in [1.29, 1.82) is 0 Å². The van der Waals surface area contributed by atoms with Crippen molar-refractivity contribution in [2.24, 2.45) is 0 Å². The van der Waals surface area contributed by atoms with Gasteiger partial charge in [-0.15, -0.1) is 0 Å². The number of hydrogen-bond donors (Lipinski definition) is 0. The molecular formula is C20H13ClF3N3O. The van der Waals surface area contributed by atoms with E-state index in [-0.39, 0.29) is 11.3 Å². The van der Waals surface area contributed by atoms with Gasteiger partial charge >= 0.3 is 6.18 Å². The number of aromatic nitrogens is 3. The molecule has 0 N–H and O–H groups in total. The number of benzene rings is 2. The van der Waals surface area contributed by atoms with Crippen molar-refractivity contribution >= 4 is 17.2 Å². The molecule has 0 radical (unpaired) electrons. The number of rotatable bonds is 3. The number of hydrogen-bond acceptors (Lipinski definition) is 3. The summed E-state index contributed by atoms with van der Waals surface area (Å²) in [7, 11) is 1.49. The Balaban J connectivity index is 1.99. The second-order valence-corrected chi connectivity index (χ2v) is 6.49. The molecule has 2 heterocycles. The summed E-state index contributed by atoms with van der Waals surface area (Å²) in [6, 6.07) is 14.5. The van der Waals surface area contributed by atoms with Crippen LogP contribution in [0.3, 0.4) is 0 Å². The Bertz CT molecular complexity index is 1150. The normalized spacial score (nSPS) is 11.8. The molecule has 0 saturated carbocycles. The highest BCUT2D eigenvalue weighted by molar-refractivity contribution is 6.30. The number of fused-ring (bicyclic) bond motifs is 1. The minimum absolute atomic E-state index is 0.106. The largest absolute Gasteiger partial charge is 0.497 e. The Morgan fingerprint density at radius 2 is 1.75 bits per heavy atom. The number of alkyl halides is 3. The molecule has 0 spiro atoms. The molecule has 4 nitrogen and oxygen atoms in total. The lowest BCUT2D eigenvalue weighted by Gasteiger charge is -2.12. The Morgan fingerprint density at radius 3 is 2.43 bits per heavy atom. The van der Waals surface area contributed by atoms with Gasteiger partial charge in [0, 0.05) is 16.1 Å². The van der Waals surface area contributed by atoms with Crippen LogP contribution in [0.2, 0.25) is 5.02 Å². The first-order valence-corrected chi connectivity index (χ1v) is 8.61. The van der Waals surface area contributed by atoms with E-state index in [1.807, 2.05) is 0 Å². The molecule has 4 rings (SSSR count). The second kappa shape index (κ2) is 6.83. The molecule has 0 unspecified atom stereocenters. The van der Waals surface area contributed by atoms with Crippen LogP contribution in [-0.4, -0.2) is 21.7 Å². The summed E-state index contributed by atoms with van der Waals surface area (Å²) >= 11 is 5.91. The summed E-state index contributed by atoms with van der Waals surface area (Å²) < 4.78 is 47.1. The zero-order valence-electron chi connectivity index (χ0n) is 14.5. The molecule has 0 aliphatic carbocycles. The van der Waals surface area contributed by atoms with E-state index in [4.69, 9.17) is 16.3 Å². The summed E-state index contributed by atoms with van der Waals surface area (Å²) in [6.45, 7) is 0. The number of ether oxygens (including phenoxy) is 1. The van der Waals surface area contributed by atoms with E-state index in [0.29, 0.717) is 27.5 Å². The van der Waals surface area contributed by atoms with Crippen molar-refractivity contribution in [3.05, 3.63) is 71.5 Å². The van der Waals surface area contributed by atoms with Crippen LogP contribution >= 0.6 is 11.6 Å². The van der Waals surface area contributed by atoms with Crippen molar-refractivity contribution in [1.82, 2.24) is 14.6 Å². The van der Waals surface area contributed by atoms with Gasteiger partial charge in [-0.25, -0.2) is 9.50 Å². The Hall–Kier alpha value is -3.06. The fourth-order valence-electron chi connectivity index (χ4n) is 2.93. The van der Waals surface area contributed by atoms with Gasteiger partial charge in [0.05, 0.1) is 19.0 Å². The fraction of sp³-hybridized carbons (Fsp3) is 0.100. The third-order valence-electron chi connectivity index (χ3n) is 4.28. The Morgan fingerprint density at radius 1 is 1.00 bits per heavy atom. The zero-order valence-corrected chi connectivity index (χ0v) is 15.3. The Labute approximate surface area is 163 Å². The zero-order chi connectivity index (χ0) is 19.9. The van der Waals surface area contributed by atoms with Gasteiger partial charge in [-0.2, -0.15) is 18.3 Å². The lowest BCUT2D eigenvalue weighted by molar-refractivity contribution is -0.142. The lowest BCUT2D eigenvalue weighted by atomic mass is 10.1. The van der Waals surface area contributed by atoms with E-state index in [0.717, 1.165) is 10.6 Å². The number of halogens is 4. The predicted octanol–water partition coefficient (Wildman–Crippen LogP) is 5.74. The Kier molecular flexibility index (Phi) is 4.47. The van der Waals surface area contributed by atoms with Crippen LogP contribution in [0.15, 0.2) is 60.8 Å². The minimum Gasteiger partial charge on any atom is -0.497 e. The molecule has 0 aliphatic rings. The van der Waals surface area contributed by atoms with Crippen LogP contribution in [0.4, 0.5) is 13.2 Å². The topological polar surface area (TPSA) is 39.4 Å². The molecule has 0 saturated heterocycles. The highest BCUT2D eigenvalue weighted by Gasteiger charge is 2.35. The first-order valence-electron chi connectivity index (χ1n) is 8.23. The lowest BCUT2D eigenvalue weighted by Crippen LogP contribution is -2.13. The summed E-state index contributed by atoms with van der Waals surface area (Å²) in [5, 5.41) is 4.46. The van der Waals surface area contributed by atoms with Crippen LogP contribution in [-0.2, 0) is 6.18 Å². The molecule has 0 fully saturated rings. The highest BCUT2D eigenvalue weighted by atomic mass is 35.5. The molecule has 0 bridgehead atoms. The monoisotopic (exact) mass is 403 g/mol. The molecule has 8 heteroatoms. The summed E-state index contributed by atoms with van der Waals surface area (Å²) in [4.78, 5) is 4.47. The smallest absolute Gasteiger partial charge is 0.433 e. The van der Waals surface area contributed by atoms with Crippen molar-refractivity contribution in [3.8, 4) is 28.1 Å². The maximum Gasteiger partial charge on any atom is 0.433 e. The van der Waals surface area contributed by atoms with E-state index >= 15 is 0 Å². The maximum atomic E-state index is 13.7. The molecule has 0 aliphatic heterocycles. The van der Waals surface area contributed by atoms with E-state index in [9.17, 15) is 13.2 Å². The van der Waals surface area contributed by atoms with Crippen LogP contribution in [0.25, 0.3) is 28.0 Å². The molecular weight excluding hydrogens is 391 g/mol. The summed E-state index contributed by atoms with van der Waals surface area (Å²) in [6.07, 6.45) is -3.23. The van der Waals surface area contributed by atoms with Gasteiger partial charge in [0.25, 0.3) is 0 Å². The van der Waals surface area contributed by atoms with Crippen LogP contribution in [0, 0.1) is 0 Å². The van der Waals surface area contributed by atoms with Gasteiger partial charge in [-0.1, -0.05) is 35.9 Å². The molecule has 142 valence electrons. The van der Waals surface area contributed by atoms with E-state index in [2.05, 4.69) is 10.1 Å². The van der Waals surface area contributed by atoms with Crippen molar-refractivity contribution in [2.75, 3.05) is 7.11 Å². The van der Waals surface area contributed by atoms with Crippen molar-refractivity contribution < 1.29 is 17.9 Å². The van der Waals surface area contributed by atoms with E-state index in [1.54, 1.807) is 48.5 Å². The average Bonchev–Trinajstić information content (AvgIpc) is 3.11. The van der Waals surface area contributed by atoms with Crippen LogP contribution < -0.4 is 4.74 Å². The second-order valence-electron chi connectivity index (χ2n) is 6.06. The molecule has 2 aromatic heterocycles. The van der Waals surface area contributed by atoms with E-state index in [1.165, 1.54) is 13.3 Å². The van der Waals surface area contributed by atoms with Crippen LogP contribution in [0.5, 0.6) is 5.75 Å². The number of nitrogens with zero attached hydrogens (tertiary/aromatic N) is 3. The van der Waals surface area contributed by atoms with Gasteiger partial charge in [0.2, 0.25) is 0 Å². The first kappa shape index (κ1) is 18.3. The number of methoxy groups -OCH3 is 1. The maximum absolute atomic E-state index is 13.7. The molecule has 0 atom stereocenters.